The molecule has 3 aromatic rings. The molecule has 2 aromatic heterocycles. The molecular weight excluding hydrogens is 258 g/mol. The van der Waals surface area contributed by atoms with Gasteiger partial charge in [0.2, 0.25) is 5.91 Å². The minimum Gasteiger partial charge on any atom is -0.326 e. The van der Waals surface area contributed by atoms with Gasteiger partial charge in [0.1, 0.15) is 0 Å². The van der Waals surface area contributed by atoms with Gasteiger partial charge >= 0.3 is 0 Å². The fourth-order valence-electron chi connectivity index (χ4n) is 1.91. The highest BCUT2D eigenvalue weighted by Crippen LogP contribution is 2.26. The first-order chi connectivity index (χ1) is 9.28. The number of nitrogens with zero attached hydrogens (tertiary/aromatic N) is 2. The summed E-state index contributed by atoms with van der Waals surface area (Å²) in [6, 6.07) is 7.85. The third-order valence-corrected chi connectivity index (χ3v) is 3.78. The van der Waals surface area contributed by atoms with Crippen LogP contribution in [0.15, 0.2) is 42.0 Å². The Bertz CT molecular complexity index is 712. The first-order valence-electron chi connectivity index (χ1n) is 6.09. The van der Waals surface area contributed by atoms with Gasteiger partial charge in [0.15, 0.2) is 4.96 Å². The molecule has 1 amide bonds. The first kappa shape index (κ1) is 11.9. The average molecular weight is 271 g/mol. The molecule has 3 rings (SSSR count). The van der Waals surface area contributed by atoms with Gasteiger partial charge in [0, 0.05) is 29.9 Å². The van der Waals surface area contributed by atoms with Crippen LogP contribution in [0.5, 0.6) is 0 Å². The second-order valence-electron chi connectivity index (χ2n) is 4.18. The predicted octanol–water partition coefficient (Wildman–Crippen LogP) is 3.41. The van der Waals surface area contributed by atoms with Crippen LogP contribution in [0.2, 0.25) is 0 Å². The van der Waals surface area contributed by atoms with Crippen molar-refractivity contribution in [2.45, 2.75) is 13.3 Å². The van der Waals surface area contributed by atoms with Crippen LogP contribution in [0.3, 0.4) is 0 Å². The van der Waals surface area contributed by atoms with E-state index in [1.165, 1.54) is 0 Å². The van der Waals surface area contributed by atoms with Gasteiger partial charge in [0.25, 0.3) is 0 Å². The molecule has 0 radical (unpaired) electrons. The van der Waals surface area contributed by atoms with Gasteiger partial charge in [-0.25, -0.2) is 4.98 Å². The van der Waals surface area contributed by atoms with E-state index in [0.29, 0.717) is 6.42 Å². The van der Waals surface area contributed by atoms with Crippen LogP contribution in [-0.2, 0) is 4.79 Å². The number of anilines is 1. The lowest BCUT2D eigenvalue weighted by molar-refractivity contribution is -0.115. The molecule has 1 aromatic carbocycles. The van der Waals surface area contributed by atoms with Gasteiger partial charge in [-0.15, -0.1) is 11.3 Å². The van der Waals surface area contributed by atoms with Crippen molar-refractivity contribution in [3.63, 3.8) is 0 Å². The number of fused-ring (bicyclic) bond motifs is 1. The molecule has 1 N–H and O–H groups in total. The normalized spacial score (nSPS) is 10.8. The van der Waals surface area contributed by atoms with Crippen molar-refractivity contribution in [2.24, 2.45) is 0 Å². The predicted molar refractivity (Wildman–Crippen MR) is 77.4 cm³/mol. The van der Waals surface area contributed by atoms with E-state index < -0.39 is 0 Å². The molecule has 0 spiro atoms. The van der Waals surface area contributed by atoms with Crippen molar-refractivity contribution in [1.29, 1.82) is 0 Å². The van der Waals surface area contributed by atoms with Crippen molar-refractivity contribution in [1.82, 2.24) is 9.38 Å². The summed E-state index contributed by atoms with van der Waals surface area (Å²) in [5.74, 6) is 0.0280. The Morgan fingerprint density at radius 3 is 2.89 bits per heavy atom. The molecule has 4 nitrogen and oxygen atoms in total. The Balaban J connectivity index is 1.90. The molecule has 0 unspecified atom stereocenters. The van der Waals surface area contributed by atoms with E-state index in [-0.39, 0.29) is 5.91 Å². The first-order valence-corrected chi connectivity index (χ1v) is 6.96. The number of aromatic nitrogens is 2. The van der Waals surface area contributed by atoms with E-state index in [2.05, 4.69) is 20.1 Å². The Labute approximate surface area is 114 Å². The summed E-state index contributed by atoms with van der Waals surface area (Å²) in [5.41, 5.74) is 3.05. The number of hydrogen-bond acceptors (Lipinski definition) is 3. The van der Waals surface area contributed by atoms with Crippen LogP contribution in [-0.4, -0.2) is 15.3 Å². The number of rotatable bonds is 3. The largest absolute Gasteiger partial charge is 0.326 e. The van der Waals surface area contributed by atoms with Crippen LogP contribution < -0.4 is 5.32 Å². The number of hydrogen-bond donors (Lipinski definition) is 1. The fourth-order valence-corrected chi connectivity index (χ4v) is 2.77. The molecule has 0 aliphatic carbocycles. The van der Waals surface area contributed by atoms with Crippen LogP contribution in [0, 0.1) is 0 Å². The highest BCUT2D eigenvalue weighted by Gasteiger charge is 2.06. The summed E-state index contributed by atoms with van der Waals surface area (Å²) >= 11 is 1.62. The van der Waals surface area contributed by atoms with Gasteiger partial charge in [0.05, 0.1) is 5.69 Å². The van der Waals surface area contributed by atoms with Crippen molar-refractivity contribution in [3.8, 4) is 11.3 Å². The quantitative estimate of drug-likeness (QED) is 0.793. The number of carbonyl (C=O) groups is 1. The molecule has 0 aliphatic heterocycles. The van der Waals surface area contributed by atoms with E-state index in [4.69, 9.17) is 0 Å². The molecule has 96 valence electrons. The number of nitrogens with one attached hydrogen (secondary N) is 1. The Morgan fingerprint density at radius 1 is 1.37 bits per heavy atom. The summed E-state index contributed by atoms with van der Waals surface area (Å²) in [7, 11) is 0. The number of thiazole rings is 1. The van der Waals surface area contributed by atoms with Crippen molar-refractivity contribution in [3.05, 3.63) is 42.0 Å². The lowest BCUT2D eigenvalue weighted by Gasteiger charge is -2.05. The fraction of sp³-hybridized carbons (Fsp3) is 0.143. The molecule has 0 fully saturated rings. The molecule has 2 heterocycles. The zero-order valence-corrected chi connectivity index (χ0v) is 11.3. The molecule has 0 saturated heterocycles. The lowest BCUT2D eigenvalue weighted by atomic mass is 10.1. The maximum absolute atomic E-state index is 11.3. The highest BCUT2D eigenvalue weighted by atomic mass is 32.1. The van der Waals surface area contributed by atoms with E-state index in [1.807, 2.05) is 37.4 Å². The smallest absolute Gasteiger partial charge is 0.224 e. The molecule has 5 heteroatoms. The lowest BCUT2D eigenvalue weighted by Crippen LogP contribution is -2.09. The standard InChI is InChI=1S/C14H13N3OS/c1-2-13(18)16-11-5-3-10(4-6-11)12-9-19-14-15-7-8-17(12)14/h3-9H,2H2,1H3,(H,16,18). The Kier molecular flexibility index (Phi) is 3.05. The molecule has 0 bridgehead atoms. The van der Waals surface area contributed by atoms with Crippen LogP contribution in [0.1, 0.15) is 13.3 Å². The summed E-state index contributed by atoms with van der Waals surface area (Å²) in [6.45, 7) is 1.84. The number of amides is 1. The van der Waals surface area contributed by atoms with Crippen LogP contribution >= 0.6 is 11.3 Å². The summed E-state index contributed by atoms with van der Waals surface area (Å²) < 4.78 is 2.06. The number of benzene rings is 1. The second kappa shape index (κ2) is 4.85. The number of imidazole rings is 1. The third kappa shape index (κ3) is 2.24. The van der Waals surface area contributed by atoms with Gasteiger partial charge < -0.3 is 5.32 Å². The summed E-state index contributed by atoms with van der Waals surface area (Å²) in [5, 5.41) is 4.93. The van der Waals surface area contributed by atoms with Gasteiger partial charge in [-0.1, -0.05) is 19.1 Å². The zero-order chi connectivity index (χ0) is 13.2. The van der Waals surface area contributed by atoms with E-state index in [9.17, 15) is 4.79 Å². The molecule has 0 aliphatic rings. The van der Waals surface area contributed by atoms with Gasteiger partial charge in [-0.3, -0.25) is 9.20 Å². The maximum Gasteiger partial charge on any atom is 0.224 e. The van der Waals surface area contributed by atoms with E-state index in [0.717, 1.165) is 21.9 Å². The minimum absolute atomic E-state index is 0.0280. The average Bonchev–Trinajstić information content (AvgIpc) is 3.02. The van der Waals surface area contributed by atoms with Crippen LogP contribution in [0.25, 0.3) is 16.2 Å². The van der Waals surface area contributed by atoms with Gasteiger partial charge in [-0.2, -0.15) is 0 Å². The van der Waals surface area contributed by atoms with Crippen LogP contribution in [0.4, 0.5) is 5.69 Å². The highest BCUT2D eigenvalue weighted by molar-refractivity contribution is 7.15. The zero-order valence-electron chi connectivity index (χ0n) is 10.5. The molecular formula is C14H13N3OS. The Hall–Kier alpha value is -2.14. The van der Waals surface area contributed by atoms with E-state index in [1.54, 1.807) is 17.5 Å². The molecule has 0 atom stereocenters. The number of carbonyl (C=O) groups excluding carboxylic acids is 1. The molecule has 19 heavy (non-hydrogen) atoms. The molecule has 0 saturated carbocycles. The minimum atomic E-state index is 0.0280. The monoisotopic (exact) mass is 271 g/mol. The van der Waals surface area contributed by atoms with Crippen molar-refractivity contribution >= 4 is 27.9 Å². The Morgan fingerprint density at radius 2 is 2.16 bits per heavy atom. The second-order valence-corrected chi connectivity index (χ2v) is 5.02. The van der Waals surface area contributed by atoms with Crippen molar-refractivity contribution in [2.75, 3.05) is 5.32 Å². The van der Waals surface area contributed by atoms with Gasteiger partial charge in [-0.05, 0) is 17.7 Å². The summed E-state index contributed by atoms with van der Waals surface area (Å²) in [4.78, 5) is 16.6. The third-order valence-electron chi connectivity index (χ3n) is 2.93. The maximum atomic E-state index is 11.3. The summed E-state index contributed by atoms with van der Waals surface area (Å²) in [6.07, 6.45) is 4.24. The van der Waals surface area contributed by atoms with Crippen molar-refractivity contribution < 1.29 is 4.79 Å². The SMILES string of the molecule is CCC(=O)Nc1ccc(-c2csc3nccn23)cc1. The van der Waals surface area contributed by atoms with E-state index >= 15 is 0 Å². The topological polar surface area (TPSA) is 46.4 Å².